The van der Waals surface area contributed by atoms with Crippen LogP contribution in [-0.2, 0) is 0 Å². The van der Waals surface area contributed by atoms with Crippen molar-refractivity contribution < 1.29 is 13.3 Å². The Hall–Kier alpha value is -15.2. The predicted molar refractivity (Wildman–Crippen MR) is 504 cm³/mol. The molecule has 0 saturated carbocycles. The Morgan fingerprint density at radius 3 is 1.08 bits per heavy atom. The molecule has 0 aliphatic heterocycles. The molecule has 27 aromatic rings. The van der Waals surface area contributed by atoms with E-state index in [0.29, 0.717) is 0 Å². The summed E-state index contributed by atoms with van der Waals surface area (Å²) < 4.78 is 28.3. The van der Waals surface area contributed by atoms with Crippen molar-refractivity contribution in [2.75, 3.05) is 0 Å². The van der Waals surface area contributed by atoms with Gasteiger partial charge in [0.2, 0.25) is 0 Å². The van der Waals surface area contributed by atoms with Crippen molar-refractivity contribution in [3.8, 4) is 56.1 Å². The highest BCUT2D eigenvalue weighted by Crippen LogP contribution is 2.49. The standard InChI is InChI=1S/C44H26N2O.C35H27NOSi.C32H19NO/c1-4-15-37-33(10-1)34-11-2-5-16-38(34)45(37)30-21-23-31(24-22-30)46-39-17-7-9-27-19-20-28-25-29(26-40(46)43(28)42(27)39)32-13-8-14-36-35-12-3-6-18-41(35)47-44(32)36;1-38(2,3)25-15-13-24(14-16-25)36-30-9-6-7-22-11-17-28-26(18-19-31(36)35(28)34(22)30)23-12-20-33-29(21-23)27-8-4-5-10-32(27)37-33;1-2-8-22(9-3-1)33-27-11-6-7-20-13-15-25-23(16-17-28(33)32(25)31(20)27)21-14-18-30-26(19-21)24-10-4-5-12-29(24)34-30/h1-26H;4-21H,1-3H3;1-19H. The van der Waals surface area contributed by atoms with Gasteiger partial charge in [0.1, 0.15) is 33.5 Å². The smallest absolute Gasteiger partial charge is 0.143 e. The highest BCUT2D eigenvalue weighted by molar-refractivity contribution is 6.88. The number of benzene rings is 20. The zero-order valence-electron chi connectivity index (χ0n) is 65.4. The summed E-state index contributed by atoms with van der Waals surface area (Å²) in [5.41, 5.74) is 27.3. The van der Waals surface area contributed by atoms with Crippen LogP contribution in [0.4, 0.5) is 0 Å². The first-order valence-corrected chi connectivity index (χ1v) is 44.5. The van der Waals surface area contributed by atoms with Crippen molar-refractivity contribution in [2.45, 2.75) is 19.6 Å². The van der Waals surface area contributed by atoms with E-state index in [-0.39, 0.29) is 0 Å². The second kappa shape index (κ2) is 25.6. The van der Waals surface area contributed by atoms with Gasteiger partial charge in [-0.2, -0.15) is 0 Å². The van der Waals surface area contributed by atoms with E-state index in [2.05, 4.69) is 390 Å². The third kappa shape index (κ3) is 10.1. The van der Waals surface area contributed by atoms with Gasteiger partial charge >= 0.3 is 0 Å². The highest BCUT2D eigenvalue weighted by Gasteiger charge is 2.26. The van der Waals surface area contributed by atoms with Crippen LogP contribution in [0.3, 0.4) is 0 Å². The van der Waals surface area contributed by atoms with E-state index in [1.807, 2.05) is 30.3 Å². The maximum absolute atomic E-state index is 6.49. The predicted octanol–water partition coefficient (Wildman–Crippen LogP) is 30.5. The summed E-state index contributed by atoms with van der Waals surface area (Å²) in [6.45, 7) is 7.21. The van der Waals surface area contributed by atoms with E-state index in [0.717, 1.165) is 88.3 Å². The average Bonchev–Trinajstić information content (AvgIpc) is 1.57. The molecule has 0 aliphatic rings. The fourth-order valence-electron chi connectivity index (χ4n) is 20.0. The minimum Gasteiger partial charge on any atom is -0.456 e. The largest absolute Gasteiger partial charge is 0.456 e. The third-order valence-electron chi connectivity index (χ3n) is 25.4. The first kappa shape index (κ1) is 67.1. The van der Waals surface area contributed by atoms with Gasteiger partial charge < -0.3 is 31.5 Å². The van der Waals surface area contributed by atoms with E-state index in [4.69, 9.17) is 13.3 Å². The van der Waals surface area contributed by atoms with Crippen LogP contribution in [0.5, 0.6) is 0 Å². The molecule has 0 amide bonds. The Balaban J connectivity index is 0.000000101. The van der Waals surface area contributed by atoms with Crippen molar-refractivity contribution in [1.82, 2.24) is 18.3 Å². The molecule has 119 heavy (non-hydrogen) atoms. The van der Waals surface area contributed by atoms with Crippen molar-refractivity contribution >= 4 is 199 Å². The average molecular weight is 1540 g/mol. The maximum Gasteiger partial charge on any atom is 0.143 e. The van der Waals surface area contributed by atoms with E-state index < -0.39 is 8.07 Å². The van der Waals surface area contributed by atoms with Crippen LogP contribution in [-0.4, -0.2) is 26.3 Å². The van der Waals surface area contributed by atoms with E-state index in [9.17, 15) is 0 Å². The molecule has 8 heteroatoms. The van der Waals surface area contributed by atoms with E-state index >= 15 is 0 Å². The molecule has 0 N–H and O–H groups in total. The number of hydrogen-bond acceptors (Lipinski definition) is 3. The maximum atomic E-state index is 6.49. The first-order chi connectivity index (χ1) is 58.7. The second-order valence-electron chi connectivity index (χ2n) is 32.9. The molecular formula is C111H72N4O3Si. The molecule has 7 heterocycles. The van der Waals surface area contributed by atoms with Gasteiger partial charge in [-0.25, -0.2) is 0 Å². The Labute approximate surface area is 683 Å². The fraction of sp³-hybridized carbons (Fsp3) is 0.0270. The van der Waals surface area contributed by atoms with Gasteiger partial charge in [0.25, 0.3) is 0 Å². The Bertz CT molecular complexity index is 8730. The minimum atomic E-state index is -1.36. The quantitative estimate of drug-likeness (QED) is 0.113. The van der Waals surface area contributed by atoms with Gasteiger partial charge in [-0.15, -0.1) is 0 Å². The lowest BCUT2D eigenvalue weighted by Crippen LogP contribution is -2.37. The molecule has 27 rings (SSSR count). The van der Waals surface area contributed by atoms with Crippen LogP contribution in [0.1, 0.15) is 0 Å². The SMILES string of the molecule is C[Si](C)(C)c1ccc(-n2c3cccc4ccc5c(-c6ccc7oc8ccccc8c7c6)ccc2c5c43)cc1.c1ccc(-n2c3cccc4ccc5c(-c6ccc7oc8ccccc8c7c6)ccc2c5c43)cc1.c1ccc2c(c1)oc1c(-c3cc4ccc5cccc6c5c4c(c3)n6-c3ccc(-n4c5ccccc5c5ccccc54)cc3)cccc12. The molecule has 20 aromatic carbocycles. The minimum absolute atomic E-state index is 0.916. The van der Waals surface area contributed by atoms with E-state index in [1.54, 1.807) is 0 Å². The van der Waals surface area contributed by atoms with E-state index in [1.165, 1.54) is 158 Å². The van der Waals surface area contributed by atoms with Gasteiger partial charge in [0, 0.05) is 104 Å². The van der Waals surface area contributed by atoms with Crippen molar-refractivity contribution in [3.63, 3.8) is 0 Å². The molecule has 7 aromatic heterocycles. The molecule has 0 radical (unpaired) electrons. The normalized spacial score (nSPS) is 12.3. The second-order valence-corrected chi connectivity index (χ2v) is 38.0. The van der Waals surface area contributed by atoms with Crippen LogP contribution in [0.25, 0.3) is 241 Å². The molecule has 0 unspecified atom stereocenters. The Morgan fingerprint density at radius 1 is 0.193 bits per heavy atom. The highest BCUT2D eigenvalue weighted by atomic mass is 28.3. The summed E-state index contributed by atoms with van der Waals surface area (Å²) in [4.78, 5) is 0. The summed E-state index contributed by atoms with van der Waals surface area (Å²) in [6, 6.07) is 138. The van der Waals surface area contributed by atoms with Crippen LogP contribution < -0.4 is 5.19 Å². The lowest BCUT2D eigenvalue weighted by molar-refractivity contribution is 0.668. The van der Waals surface area contributed by atoms with Crippen molar-refractivity contribution in [2.24, 2.45) is 0 Å². The van der Waals surface area contributed by atoms with Gasteiger partial charge in [-0.3, -0.25) is 0 Å². The third-order valence-corrected chi connectivity index (χ3v) is 27.4. The van der Waals surface area contributed by atoms with Gasteiger partial charge in [0.15, 0.2) is 0 Å². The first-order valence-electron chi connectivity index (χ1n) is 41.0. The lowest BCUT2D eigenvalue weighted by atomic mass is 9.94. The summed E-state index contributed by atoms with van der Waals surface area (Å²) >= 11 is 0. The number of hydrogen-bond donors (Lipinski definition) is 0. The van der Waals surface area contributed by atoms with Crippen molar-refractivity contribution in [1.29, 1.82) is 0 Å². The van der Waals surface area contributed by atoms with Crippen LogP contribution in [0.2, 0.25) is 19.6 Å². The Kier molecular flexibility index (Phi) is 14.5. The monoisotopic (exact) mass is 1540 g/mol. The topological polar surface area (TPSA) is 59.1 Å². The lowest BCUT2D eigenvalue weighted by Gasteiger charge is -2.17. The number of nitrogens with zero attached hydrogens (tertiary/aromatic N) is 4. The summed E-state index contributed by atoms with van der Waals surface area (Å²) in [6.07, 6.45) is 0. The molecule has 558 valence electrons. The summed E-state index contributed by atoms with van der Waals surface area (Å²) in [7, 11) is -1.36. The van der Waals surface area contributed by atoms with Crippen molar-refractivity contribution in [3.05, 3.63) is 382 Å². The molecule has 0 atom stereocenters. The zero-order valence-corrected chi connectivity index (χ0v) is 66.4. The van der Waals surface area contributed by atoms with Crippen LogP contribution in [0.15, 0.2) is 395 Å². The van der Waals surface area contributed by atoms with Crippen LogP contribution >= 0.6 is 0 Å². The summed E-state index contributed by atoms with van der Waals surface area (Å²) in [5, 5.41) is 26.5. The van der Waals surface area contributed by atoms with Gasteiger partial charge in [-0.1, -0.05) is 261 Å². The molecule has 0 fully saturated rings. The molecule has 0 saturated heterocycles. The zero-order chi connectivity index (χ0) is 78.5. The number of aromatic nitrogens is 4. The number of rotatable bonds is 8. The molecule has 0 spiro atoms. The number of furan rings is 3. The van der Waals surface area contributed by atoms with Gasteiger partial charge in [0.05, 0.1) is 52.2 Å². The molecule has 0 bridgehead atoms. The molecular weight excluding hydrogens is 1470 g/mol. The molecule has 7 nitrogen and oxygen atoms in total. The summed E-state index contributed by atoms with van der Waals surface area (Å²) in [5.74, 6) is 0. The Morgan fingerprint density at radius 2 is 0.563 bits per heavy atom. The number of fused-ring (bicyclic) bond motifs is 12. The fourth-order valence-corrected chi connectivity index (χ4v) is 21.1. The molecule has 0 aliphatic carbocycles. The number of para-hydroxylation sites is 7. The van der Waals surface area contributed by atoms with Crippen LogP contribution in [0, 0.1) is 0 Å². The van der Waals surface area contributed by atoms with Gasteiger partial charge in [-0.05, 0) is 206 Å².